The number of pyridine rings is 1. The zero-order chi connectivity index (χ0) is 18.5. The van der Waals surface area contributed by atoms with Gasteiger partial charge in [-0.1, -0.05) is 12.1 Å². The summed E-state index contributed by atoms with van der Waals surface area (Å²) in [6, 6.07) is 11.4. The number of benzene rings is 2. The number of nitrogens with zero attached hydrogens (tertiary/aromatic N) is 1. The lowest BCUT2D eigenvalue weighted by atomic mass is 10.1. The van der Waals surface area contributed by atoms with Gasteiger partial charge in [0.1, 0.15) is 0 Å². The zero-order valence-corrected chi connectivity index (χ0v) is 14.4. The van der Waals surface area contributed by atoms with Gasteiger partial charge < -0.3 is 14.8 Å². The number of hydrogen-bond acceptors (Lipinski definition) is 4. The quantitative estimate of drug-likeness (QED) is 0.698. The molecule has 6 heteroatoms. The van der Waals surface area contributed by atoms with Gasteiger partial charge in [-0.2, -0.15) is 0 Å². The van der Waals surface area contributed by atoms with Gasteiger partial charge in [0.2, 0.25) is 0 Å². The molecule has 2 aromatic carbocycles. The van der Waals surface area contributed by atoms with Gasteiger partial charge in [0.15, 0.2) is 23.1 Å². The molecule has 1 heterocycles. The molecule has 1 N–H and O–H groups in total. The molecule has 0 saturated heterocycles. The van der Waals surface area contributed by atoms with Crippen molar-refractivity contribution in [2.75, 3.05) is 19.5 Å². The summed E-state index contributed by atoms with van der Waals surface area (Å²) in [6.45, 7) is 0.355. The SMILES string of the molecule is COc1ccc(-c2cncc(NCc3ccc(F)c(F)c3)c2)cc1OC. The molecular weight excluding hydrogens is 338 g/mol. The Morgan fingerprint density at radius 2 is 1.65 bits per heavy atom. The van der Waals surface area contributed by atoms with Crippen LogP contribution in [-0.4, -0.2) is 19.2 Å². The average Bonchev–Trinajstić information content (AvgIpc) is 2.68. The molecule has 0 aliphatic rings. The van der Waals surface area contributed by atoms with Gasteiger partial charge in [0.05, 0.1) is 19.9 Å². The molecule has 0 atom stereocenters. The van der Waals surface area contributed by atoms with Crippen LogP contribution in [0.15, 0.2) is 54.9 Å². The third kappa shape index (κ3) is 3.91. The predicted molar refractivity (Wildman–Crippen MR) is 96.5 cm³/mol. The maximum absolute atomic E-state index is 13.3. The van der Waals surface area contributed by atoms with E-state index in [4.69, 9.17) is 9.47 Å². The second-order valence-electron chi connectivity index (χ2n) is 5.63. The van der Waals surface area contributed by atoms with Crippen molar-refractivity contribution >= 4 is 5.69 Å². The Morgan fingerprint density at radius 1 is 0.846 bits per heavy atom. The van der Waals surface area contributed by atoms with Crippen LogP contribution in [-0.2, 0) is 6.54 Å². The second-order valence-corrected chi connectivity index (χ2v) is 5.63. The third-order valence-corrected chi connectivity index (χ3v) is 3.94. The highest BCUT2D eigenvalue weighted by atomic mass is 19.2. The van der Waals surface area contributed by atoms with E-state index in [0.29, 0.717) is 23.6 Å². The summed E-state index contributed by atoms with van der Waals surface area (Å²) in [4.78, 5) is 4.23. The monoisotopic (exact) mass is 356 g/mol. The van der Waals surface area contributed by atoms with E-state index in [1.165, 1.54) is 12.1 Å². The van der Waals surface area contributed by atoms with Crippen molar-refractivity contribution in [1.29, 1.82) is 0 Å². The van der Waals surface area contributed by atoms with Gasteiger partial charge in [0.25, 0.3) is 0 Å². The molecule has 3 aromatic rings. The minimum Gasteiger partial charge on any atom is -0.493 e. The smallest absolute Gasteiger partial charge is 0.161 e. The third-order valence-electron chi connectivity index (χ3n) is 3.94. The second kappa shape index (κ2) is 7.82. The minimum atomic E-state index is -0.860. The van der Waals surface area contributed by atoms with E-state index in [1.807, 2.05) is 24.3 Å². The van der Waals surface area contributed by atoms with Crippen LogP contribution in [0.25, 0.3) is 11.1 Å². The normalized spacial score (nSPS) is 10.5. The largest absolute Gasteiger partial charge is 0.493 e. The summed E-state index contributed by atoms with van der Waals surface area (Å²) in [6.07, 6.45) is 3.41. The molecule has 26 heavy (non-hydrogen) atoms. The van der Waals surface area contributed by atoms with Gasteiger partial charge in [-0.05, 0) is 41.5 Å². The highest BCUT2D eigenvalue weighted by Gasteiger charge is 2.08. The van der Waals surface area contributed by atoms with E-state index in [1.54, 1.807) is 26.6 Å². The van der Waals surface area contributed by atoms with Crippen LogP contribution in [0.2, 0.25) is 0 Å². The number of halogens is 2. The van der Waals surface area contributed by atoms with E-state index < -0.39 is 11.6 Å². The first-order valence-corrected chi connectivity index (χ1v) is 7.96. The summed E-state index contributed by atoms with van der Waals surface area (Å²) in [5.41, 5.74) is 3.22. The van der Waals surface area contributed by atoms with Crippen molar-refractivity contribution in [1.82, 2.24) is 4.98 Å². The van der Waals surface area contributed by atoms with Crippen LogP contribution < -0.4 is 14.8 Å². The maximum Gasteiger partial charge on any atom is 0.161 e. The summed E-state index contributed by atoms with van der Waals surface area (Å²) in [5.74, 6) is -0.436. The van der Waals surface area contributed by atoms with Crippen molar-refractivity contribution in [2.24, 2.45) is 0 Å². The van der Waals surface area contributed by atoms with E-state index >= 15 is 0 Å². The molecule has 3 rings (SSSR count). The van der Waals surface area contributed by atoms with Gasteiger partial charge in [-0.3, -0.25) is 4.98 Å². The Balaban J connectivity index is 1.78. The molecule has 134 valence electrons. The first-order valence-electron chi connectivity index (χ1n) is 7.96. The van der Waals surface area contributed by atoms with Crippen LogP contribution in [0.3, 0.4) is 0 Å². The minimum absolute atomic E-state index is 0.355. The Morgan fingerprint density at radius 3 is 2.38 bits per heavy atom. The molecule has 0 unspecified atom stereocenters. The molecule has 1 aromatic heterocycles. The summed E-state index contributed by atoms with van der Waals surface area (Å²) in [7, 11) is 3.17. The van der Waals surface area contributed by atoms with Crippen LogP contribution in [0, 0.1) is 11.6 Å². The molecular formula is C20H18F2N2O2. The van der Waals surface area contributed by atoms with Crippen molar-refractivity contribution in [3.63, 3.8) is 0 Å². The van der Waals surface area contributed by atoms with Crippen LogP contribution in [0.4, 0.5) is 14.5 Å². The lowest BCUT2D eigenvalue weighted by Crippen LogP contribution is -2.01. The first kappa shape index (κ1) is 17.7. The number of methoxy groups -OCH3 is 2. The predicted octanol–water partition coefficient (Wildman–Crippen LogP) is 4.66. The summed E-state index contributed by atoms with van der Waals surface area (Å²) < 4.78 is 36.9. The average molecular weight is 356 g/mol. The molecule has 4 nitrogen and oxygen atoms in total. The first-order chi connectivity index (χ1) is 12.6. The highest BCUT2D eigenvalue weighted by molar-refractivity contribution is 5.69. The van der Waals surface area contributed by atoms with Crippen LogP contribution in [0.5, 0.6) is 11.5 Å². The maximum atomic E-state index is 13.3. The number of hydrogen-bond donors (Lipinski definition) is 1. The standard InChI is InChI=1S/C20H18F2N2O2/c1-25-19-6-4-14(9-20(19)26-2)15-8-16(12-23-11-15)24-10-13-3-5-17(21)18(22)7-13/h3-9,11-12,24H,10H2,1-2H3. The van der Waals surface area contributed by atoms with Crippen molar-refractivity contribution in [2.45, 2.75) is 6.54 Å². The molecule has 0 aliphatic heterocycles. The molecule has 0 saturated carbocycles. The van der Waals surface area contributed by atoms with Crippen LogP contribution in [0.1, 0.15) is 5.56 Å². The summed E-state index contributed by atoms with van der Waals surface area (Å²) >= 11 is 0. The topological polar surface area (TPSA) is 43.4 Å². The van der Waals surface area contributed by atoms with Gasteiger partial charge >= 0.3 is 0 Å². The molecule has 0 fully saturated rings. The number of aromatic nitrogens is 1. The Bertz CT molecular complexity index is 916. The zero-order valence-electron chi connectivity index (χ0n) is 14.4. The van der Waals surface area contributed by atoms with Crippen LogP contribution >= 0.6 is 0 Å². The molecule has 0 amide bonds. The van der Waals surface area contributed by atoms with Gasteiger partial charge in [-0.15, -0.1) is 0 Å². The van der Waals surface area contributed by atoms with E-state index in [2.05, 4.69) is 10.3 Å². The molecule has 0 aliphatic carbocycles. The van der Waals surface area contributed by atoms with Gasteiger partial charge in [0, 0.05) is 24.5 Å². The van der Waals surface area contributed by atoms with Crippen molar-refractivity contribution < 1.29 is 18.3 Å². The van der Waals surface area contributed by atoms with E-state index in [9.17, 15) is 8.78 Å². The van der Waals surface area contributed by atoms with E-state index in [-0.39, 0.29) is 0 Å². The number of nitrogens with one attached hydrogen (secondary N) is 1. The van der Waals surface area contributed by atoms with Crippen molar-refractivity contribution in [3.05, 3.63) is 72.1 Å². The fourth-order valence-corrected chi connectivity index (χ4v) is 2.56. The Hall–Kier alpha value is -3.15. The van der Waals surface area contributed by atoms with E-state index in [0.717, 1.165) is 22.9 Å². The van der Waals surface area contributed by atoms with Crippen molar-refractivity contribution in [3.8, 4) is 22.6 Å². The number of ether oxygens (including phenoxy) is 2. The lowest BCUT2D eigenvalue weighted by molar-refractivity contribution is 0.355. The molecule has 0 bridgehead atoms. The fourth-order valence-electron chi connectivity index (χ4n) is 2.56. The Kier molecular flexibility index (Phi) is 5.31. The fraction of sp³-hybridized carbons (Fsp3) is 0.150. The highest BCUT2D eigenvalue weighted by Crippen LogP contribution is 2.32. The number of rotatable bonds is 6. The molecule has 0 radical (unpaired) electrons. The number of anilines is 1. The molecule has 0 spiro atoms. The summed E-state index contributed by atoms with van der Waals surface area (Å²) in [5, 5.41) is 3.16. The van der Waals surface area contributed by atoms with Gasteiger partial charge in [-0.25, -0.2) is 8.78 Å². The Labute approximate surface area is 150 Å². The lowest BCUT2D eigenvalue weighted by Gasteiger charge is -2.11.